The van der Waals surface area contributed by atoms with Crippen molar-refractivity contribution >= 4 is 46.9 Å². The standard InChI is InChI=1S/C17H15Cl2N3O4/c1-25-11-4-6-14(15(8-11)26-2)21-16(23)17(24)22-20-9-10-3-5-12(18)13(19)7-10/h3-9H,1-2H3,(H,21,23)(H,22,24)/b20-9-. The van der Waals surface area contributed by atoms with Crippen molar-refractivity contribution in [2.45, 2.75) is 0 Å². The van der Waals surface area contributed by atoms with Crippen LogP contribution in [-0.2, 0) is 9.59 Å². The van der Waals surface area contributed by atoms with Crippen LogP contribution in [0.2, 0.25) is 10.0 Å². The van der Waals surface area contributed by atoms with Crippen molar-refractivity contribution in [3.05, 3.63) is 52.0 Å². The molecule has 2 aromatic rings. The van der Waals surface area contributed by atoms with Gasteiger partial charge in [0.15, 0.2) is 0 Å². The molecule has 2 amide bonds. The number of hydrogen-bond donors (Lipinski definition) is 2. The number of hydrogen-bond acceptors (Lipinski definition) is 5. The number of halogens is 2. The highest BCUT2D eigenvalue weighted by molar-refractivity contribution is 6.42. The van der Waals surface area contributed by atoms with Gasteiger partial charge in [-0.1, -0.05) is 29.3 Å². The zero-order chi connectivity index (χ0) is 19.1. The molecule has 0 heterocycles. The summed E-state index contributed by atoms with van der Waals surface area (Å²) in [5.41, 5.74) is 3.05. The SMILES string of the molecule is COc1ccc(NC(=O)C(=O)N/N=C\c2ccc(Cl)c(Cl)c2)c(OC)c1. The summed E-state index contributed by atoms with van der Waals surface area (Å²) in [6.07, 6.45) is 1.33. The number of amides is 2. The molecule has 9 heteroatoms. The lowest BCUT2D eigenvalue weighted by Crippen LogP contribution is -2.32. The molecule has 26 heavy (non-hydrogen) atoms. The Balaban J connectivity index is 1.98. The van der Waals surface area contributed by atoms with E-state index in [9.17, 15) is 9.59 Å². The van der Waals surface area contributed by atoms with Gasteiger partial charge in [-0.2, -0.15) is 5.10 Å². The van der Waals surface area contributed by atoms with E-state index in [1.165, 1.54) is 20.4 Å². The van der Waals surface area contributed by atoms with Crippen molar-refractivity contribution in [3.63, 3.8) is 0 Å². The molecule has 0 unspecified atom stereocenters. The molecule has 0 radical (unpaired) electrons. The first kappa shape index (κ1) is 19.6. The van der Waals surface area contributed by atoms with Crippen LogP contribution >= 0.6 is 23.2 Å². The summed E-state index contributed by atoms with van der Waals surface area (Å²) in [4.78, 5) is 23.8. The molecule has 0 spiro atoms. The summed E-state index contributed by atoms with van der Waals surface area (Å²) in [5, 5.41) is 6.90. The average Bonchev–Trinajstić information content (AvgIpc) is 2.64. The molecule has 136 valence electrons. The van der Waals surface area contributed by atoms with Gasteiger partial charge in [-0.3, -0.25) is 9.59 Å². The molecule has 2 N–H and O–H groups in total. The number of hydrazone groups is 1. The third-order valence-corrected chi connectivity index (χ3v) is 3.93. The average molecular weight is 396 g/mol. The van der Waals surface area contributed by atoms with Crippen molar-refractivity contribution in [1.29, 1.82) is 0 Å². The Morgan fingerprint density at radius 3 is 2.42 bits per heavy atom. The molecule has 0 aliphatic rings. The fourth-order valence-corrected chi connectivity index (χ4v) is 2.20. The van der Waals surface area contributed by atoms with Crippen molar-refractivity contribution in [2.24, 2.45) is 5.10 Å². The van der Waals surface area contributed by atoms with Crippen molar-refractivity contribution < 1.29 is 19.1 Å². The Kier molecular flexibility index (Phi) is 6.82. The second-order valence-corrected chi connectivity index (χ2v) is 5.71. The Morgan fingerprint density at radius 2 is 1.77 bits per heavy atom. The van der Waals surface area contributed by atoms with Crippen LogP contribution in [0.1, 0.15) is 5.56 Å². The van der Waals surface area contributed by atoms with E-state index in [1.54, 1.807) is 36.4 Å². The molecule has 7 nitrogen and oxygen atoms in total. The predicted molar refractivity (Wildman–Crippen MR) is 100 cm³/mol. The smallest absolute Gasteiger partial charge is 0.329 e. The van der Waals surface area contributed by atoms with Gasteiger partial charge in [-0.25, -0.2) is 5.43 Å². The molecule has 2 rings (SSSR count). The molecule has 0 saturated heterocycles. The van der Waals surface area contributed by atoms with E-state index in [4.69, 9.17) is 32.7 Å². The minimum Gasteiger partial charge on any atom is -0.497 e. The maximum atomic E-state index is 12.0. The van der Waals surface area contributed by atoms with Gasteiger partial charge in [0.1, 0.15) is 11.5 Å². The van der Waals surface area contributed by atoms with Gasteiger partial charge < -0.3 is 14.8 Å². The highest BCUT2D eigenvalue weighted by atomic mass is 35.5. The topological polar surface area (TPSA) is 89.0 Å². The summed E-state index contributed by atoms with van der Waals surface area (Å²) >= 11 is 11.7. The maximum Gasteiger partial charge on any atom is 0.329 e. The molecule has 2 aromatic carbocycles. The van der Waals surface area contributed by atoms with E-state index in [0.29, 0.717) is 32.8 Å². The van der Waals surface area contributed by atoms with Gasteiger partial charge in [-0.15, -0.1) is 0 Å². The molecule has 0 bridgehead atoms. The van der Waals surface area contributed by atoms with E-state index < -0.39 is 11.8 Å². The van der Waals surface area contributed by atoms with Crippen LogP contribution < -0.4 is 20.2 Å². The quantitative estimate of drug-likeness (QED) is 0.462. The number of nitrogens with zero attached hydrogens (tertiary/aromatic N) is 1. The zero-order valence-corrected chi connectivity index (χ0v) is 15.4. The van der Waals surface area contributed by atoms with Gasteiger partial charge in [0.2, 0.25) is 0 Å². The largest absolute Gasteiger partial charge is 0.497 e. The first-order valence-corrected chi connectivity index (χ1v) is 8.01. The minimum absolute atomic E-state index is 0.321. The number of ether oxygens (including phenoxy) is 2. The van der Waals surface area contributed by atoms with Crippen molar-refractivity contribution in [2.75, 3.05) is 19.5 Å². The highest BCUT2D eigenvalue weighted by Crippen LogP contribution is 2.28. The Morgan fingerprint density at radius 1 is 1.00 bits per heavy atom. The highest BCUT2D eigenvalue weighted by Gasteiger charge is 2.15. The minimum atomic E-state index is -0.945. The van der Waals surface area contributed by atoms with Gasteiger partial charge in [0, 0.05) is 6.07 Å². The molecular formula is C17H15Cl2N3O4. The molecule has 0 fully saturated rings. The summed E-state index contributed by atoms with van der Waals surface area (Å²) in [6, 6.07) is 9.58. The number of rotatable bonds is 5. The number of benzene rings is 2. The third kappa shape index (κ3) is 5.11. The molecule has 0 aliphatic carbocycles. The number of anilines is 1. The fourth-order valence-electron chi connectivity index (χ4n) is 1.89. The number of methoxy groups -OCH3 is 2. The van der Waals surface area contributed by atoms with Crippen molar-refractivity contribution in [1.82, 2.24) is 5.43 Å². The molecule has 0 saturated carbocycles. The normalized spacial score (nSPS) is 10.5. The first-order valence-electron chi connectivity index (χ1n) is 7.26. The molecular weight excluding hydrogens is 381 g/mol. The molecule has 0 atom stereocenters. The molecule has 0 aromatic heterocycles. The van der Waals surface area contributed by atoms with Crippen LogP contribution in [0.15, 0.2) is 41.5 Å². The summed E-state index contributed by atoms with van der Waals surface area (Å²) in [7, 11) is 2.94. The third-order valence-electron chi connectivity index (χ3n) is 3.19. The number of carbonyl (C=O) groups excluding carboxylic acids is 2. The Hall–Kier alpha value is -2.77. The zero-order valence-electron chi connectivity index (χ0n) is 13.9. The predicted octanol–water partition coefficient (Wildman–Crippen LogP) is 3.10. The van der Waals surface area contributed by atoms with E-state index in [2.05, 4.69) is 15.8 Å². The number of nitrogens with one attached hydrogen (secondary N) is 2. The lowest BCUT2D eigenvalue weighted by molar-refractivity contribution is -0.136. The second-order valence-electron chi connectivity index (χ2n) is 4.89. The first-order chi connectivity index (χ1) is 12.4. The lowest BCUT2D eigenvalue weighted by atomic mass is 10.2. The second kappa shape index (κ2) is 9.07. The van der Waals surface area contributed by atoms with E-state index >= 15 is 0 Å². The maximum absolute atomic E-state index is 12.0. The van der Waals surface area contributed by atoms with Gasteiger partial charge in [0.25, 0.3) is 0 Å². The van der Waals surface area contributed by atoms with Crippen LogP contribution in [-0.4, -0.2) is 32.2 Å². The summed E-state index contributed by atoms with van der Waals surface area (Å²) in [5.74, 6) is -0.945. The fraction of sp³-hybridized carbons (Fsp3) is 0.118. The summed E-state index contributed by atoms with van der Waals surface area (Å²) < 4.78 is 10.2. The van der Waals surface area contributed by atoms with E-state index in [0.717, 1.165) is 0 Å². The van der Waals surface area contributed by atoms with Crippen molar-refractivity contribution in [3.8, 4) is 11.5 Å². The van der Waals surface area contributed by atoms with Crippen LogP contribution in [0.3, 0.4) is 0 Å². The Bertz CT molecular complexity index is 856. The lowest BCUT2D eigenvalue weighted by Gasteiger charge is -2.10. The van der Waals surface area contributed by atoms with E-state index in [1.807, 2.05) is 0 Å². The van der Waals surface area contributed by atoms with Crippen LogP contribution in [0.25, 0.3) is 0 Å². The van der Waals surface area contributed by atoms with Crippen LogP contribution in [0, 0.1) is 0 Å². The van der Waals surface area contributed by atoms with Gasteiger partial charge in [-0.05, 0) is 29.8 Å². The van der Waals surface area contributed by atoms with E-state index in [-0.39, 0.29) is 0 Å². The van der Waals surface area contributed by atoms with Gasteiger partial charge >= 0.3 is 11.8 Å². The monoisotopic (exact) mass is 395 g/mol. The molecule has 0 aliphatic heterocycles. The van der Waals surface area contributed by atoms with Crippen LogP contribution in [0.5, 0.6) is 11.5 Å². The van der Waals surface area contributed by atoms with Gasteiger partial charge in [0.05, 0.1) is 36.2 Å². The summed E-state index contributed by atoms with van der Waals surface area (Å²) in [6.45, 7) is 0. The number of carbonyl (C=O) groups is 2. The Labute approximate surface area is 159 Å². The van der Waals surface area contributed by atoms with Crippen LogP contribution in [0.4, 0.5) is 5.69 Å².